The Morgan fingerprint density at radius 3 is 2.52 bits per heavy atom. The molecule has 1 aliphatic rings. The van der Waals surface area contributed by atoms with E-state index in [4.69, 9.17) is 9.73 Å². The summed E-state index contributed by atoms with van der Waals surface area (Å²) in [5.74, 6) is 0.858. The molecule has 5 nitrogen and oxygen atoms in total. The van der Waals surface area contributed by atoms with Crippen LogP contribution in [0.3, 0.4) is 0 Å². The summed E-state index contributed by atoms with van der Waals surface area (Å²) in [6, 6.07) is 10.8. The van der Waals surface area contributed by atoms with Crippen LogP contribution in [-0.4, -0.2) is 42.7 Å². The number of ether oxygens (including phenoxy) is 1. The first-order chi connectivity index (χ1) is 13.6. The molecule has 160 valence electrons. The third-order valence-electron chi connectivity index (χ3n) is 4.80. The highest BCUT2D eigenvalue weighted by molar-refractivity contribution is 14.0. The number of guanidine groups is 1. The molecule has 2 atom stereocenters. The van der Waals surface area contributed by atoms with Gasteiger partial charge in [-0.3, -0.25) is 4.90 Å². The van der Waals surface area contributed by atoms with Crippen molar-refractivity contribution in [1.82, 2.24) is 15.5 Å². The Kier molecular flexibility index (Phi) is 10.4. The van der Waals surface area contributed by atoms with E-state index >= 15 is 0 Å². The molecule has 1 saturated heterocycles. The van der Waals surface area contributed by atoms with Crippen molar-refractivity contribution >= 4 is 41.3 Å². The zero-order valence-corrected chi connectivity index (χ0v) is 20.7. The van der Waals surface area contributed by atoms with E-state index in [2.05, 4.69) is 77.4 Å². The molecule has 0 spiro atoms. The Balaban J connectivity index is 0.00000300. The van der Waals surface area contributed by atoms with Gasteiger partial charge in [0, 0.05) is 32.7 Å². The van der Waals surface area contributed by atoms with Gasteiger partial charge < -0.3 is 15.4 Å². The van der Waals surface area contributed by atoms with Gasteiger partial charge in [-0.2, -0.15) is 11.3 Å². The summed E-state index contributed by atoms with van der Waals surface area (Å²) in [7, 11) is 0. The van der Waals surface area contributed by atoms with E-state index in [0.29, 0.717) is 18.8 Å². The van der Waals surface area contributed by atoms with Crippen LogP contribution in [0.1, 0.15) is 37.5 Å². The standard InChI is InChI=1S/C22H32N4OS.HI/c1-4-23-22(24-11-19-9-10-28-16-19)25-12-20-7-5-6-8-21(20)15-26-13-17(2)27-18(3)14-26;/h5-10,16-18H,4,11-15H2,1-3H3,(H2,23,24,25);1H. The molecule has 2 aromatic rings. The normalized spacial score (nSPS) is 20.2. The number of halogens is 1. The zero-order chi connectivity index (χ0) is 19.8. The quantitative estimate of drug-likeness (QED) is 0.321. The van der Waals surface area contributed by atoms with E-state index in [1.807, 2.05) is 0 Å². The van der Waals surface area contributed by atoms with Crippen LogP contribution >= 0.6 is 35.3 Å². The topological polar surface area (TPSA) is 48.9 Å². The van der Waals surface area contributed by atoms with Crippen LogP contribution in [0, 0.1) is 0 Å². The smallest absolute Gasteiger partial charge is 0.191 e. The van der Waals surface area contributed by atoms with Crippen molar-refractivity contribution in [2.75, 3.05) is 19.6 Å². The number of nitrogens with zero attached hydrogens (tertiary/aromatic N) is 2. The fourth-order valence-corrected chi connectivity index (χ4v) is 4.27. The molecule has 7 heteroatoms. The average molecular weight is 529 g/mol. The van der Waals surface area contributed by atoms with Crippen molar-refractivity contribution in [3.05, 3.63) is 57.8 Å². The minimum absolute atomic E-state index is 0. The van der Waals surface area contributed by atoms with Gasteiger partial charge in [0.15, 0.2) is 5.96 Å². The Labute approximate surface area is 196 Å². The minimum Gasteiger partial charge on any atom is -0.373 e. The molecule has 0 saturated carbocycles. The summed E-state index contributed by atoms with van der Waals surface area (Å²) in [4.78, 5) is 7.20. The first-order valence-electron chi connectivity index (χ1n) is 10.1. The summed E-state index contributed by atoms with van der Waals surface area (Å²) in [6.45, 7) is 11.6. The molecular weight excluding hydrogens is 495 g/mol. The maximum absolute atomic E-state index is 5.87. The molecule has 2 unspecified atom stereocenters. The first-order valence-corrected chi connectivity index (χ1v) is 11.1. The van der Waals surface area contributed by atoms with E-state index in [1.54, 1.807) is 11.3 Å². The maximum atomic E-state index is 5.87. The van der Waals surface area contributed by atoms with Gasteiger partial charge in [0.05, 0.1) is 18.8 Å². The molecule has 2 N–H and O–H groups in total. The van der Waals surface area contributed by atoms with E-state index in [0.717, 1.165) is 38.7 Å². The van der Waals surface area contributed by atoms with Gasteiger partial charge in [-0.25, -0.2) is 4.99 Å². The number of nitrogens with one attached hydrogen (secondary N) is 2. The van der Waals surface area contributed by atoms with Crippen molar-refractivity contribution in [2.24, 2.45) is 4.99 Å². The van der Waals surface area contributed by atoms with Crippen molar-refractivity contribution in [3.63, 3.8) is 0 Å². The van der Waals surface area contributed by atoms with Crippen LogP contribution in [0.5, 0.6) is 0 Å². The lowest BCUT2D eigenvalue weighted by Crippen LogP contribution is -2.45. The van der Waals surface area contributed by atoms with E-state index in [9.17, 15) is 0 Å². The summed E-state index contributed by atoms with van der Waals surface area (Å²) < 4.78 is 5.87. The third-order valence-corrected chi connectivity index (χ3v) is 5.53. The molecule has 0 radical (unpaired) electrons. The number of hydrogen-bond donors (Lipinski definition) is 2. The second kappa shape index (κ2) is 12.5. The number of hydrogen-bond acceptors (Lipinski definition) is 4. The number of aliphatic imine (C=N–C) groups is 1. The Hall–Kier alpha value is -1.16. The van der Waals surface area contributed by atoms with Crippen LogP contribution in [0.4, 0.5) is 0 Å². The van der Waals surface area contributed by atoms with Gasteiger partial charge in [-0.1, -0.05) is 24.3 Å². The SMILES string of the molecule is CCNC(=NCc1ccsc1)NCc1ccccc1CN1CC(C)OC(C)C1.I. The lowest BCUT2D eigenvalue weighted by Gasteiger charge is -2.35. The molecule has 0 amide bonds. The van der Waals surface area contributed by atoms with Gasteiger partial charge >= 0.3 is 0 Å². The number of rotatable bonds is 7. The fourth-order valence-electron chi connectivity index (χ4n) is 3.61. The highest BCUT2D eigenvalue weighted by Gasteiger charge is 2.22. The van der Waals surface area contributed by atoms with Gasteiger partial charge in [0.1, 0.15) is 0 Å². The molecule has 1 fully saturated rings. The predicted octanol–water partition coefficient (Wildman–Crippen LogP) is 4.23. The van der Waals surface area contributed by atoms with E-state index in [-0.39, 0.29) is 24.0 Å². The number of benzene rings is 1. The average Bonchev–Trinajstić information content (AvgIpc) is 3.18. The van der Waals surface area contributed by atoms with Crippen LogP contribution < -0.4 is 10.6 Å². The molecule has 0 bridgehead atoms. The molecule has 0 aliphatic carbocycles. The molecule has 29 heavy (non-hydrogen) atoms. The largest absolute Gasteiger partial charge is 0.373 e. The van der Waals surface area contributed by atoms with Gasteiger partial charge in [-0.15, -0.1) is 24.0 Å². The second-order valence-corrected chi connectivity index (χ2v) is 8.18. The van der Waals surface area contributed by atoms with Crippen molar-refractivity contribution < 1.29 is 4.74 Å². The Morgan fingerprint density at radius 1 is 1.14 bits per heavy atom. The Bertz CT molecular complexity index is 743. The van der Waals surface area contributed by atoms with Crippen LogP contribution in [0.2, 0.25) is 0 Å². The monoisotopic (exact) mass is 528 g/mol. The highest BCUT2D eigenvalue weighted by atomic mass is 127. The second-order valence-electron chi connectivity index (χ2n) is 7.40. The summed E-state index contributed by atoms with van der Waals surface area (Å²) >= 11 is 1.71. The minimum atomic E-state index is 0. The fraction of sp³-hybridized carbons (Fsp3) is 0.500. The molecule has 1 aromatic heterocycles. The van der Waals surface area contributed by atoms with Gasteiger partial charge in [-0.05, 0) is 54.3 Å². The first kappa shape index (κ1) is 24.1. The third kappa shape index (κ3) is 7.88. The maximum Gasteiger partial charge on any atom is 0.191 e. The number of thiophene rings is 1. The van der Waals surface area contributed by atoms with Crippen molar-refractivity contribution in [3.8, 4) is 0 Å². The van der Waals surface area contributed by atoms with Crippen molar-refractivity contribution in [1.29, 1.82) is 0 Å². The van der Waals surface area contributed by atoms with E-state index < -0.39 is 0 Å². The summed E-state index contributed by atoms with van der Waals surface area (Å²) in [5, 5.41) is 11.1. The molecule has 1 aliphatic heterocycles. The van der Waals surface area contributed by atoms with Crippen molar-refractivity contribution in [2.45, 2.75) is 52.6 Å². The molecular formula is C22H33IN4OS. The molecule has 2 heterocycles. The lowest BCUT2D eigenvalue weighted by atomic mass is 10.1. The van der Waals surface area contributed by atoms with E-state index in [1.165, 1.54) is 16.7 Å². The lowest BCUT2D eigenvalue weighted by molar-refractivity contribution is -0.0705. The summed E-state index contributed by atoms with van der Waals surface area (Å²) in [6.07, 6.45) is 0.581. The summed E-state index contributed by atoms with van der Waals surface area (Å²) in [5.41, 5.74) is 3.93. The zero-order valence-electron chi connectivity index (χ0n) is 17.6. The highest BCUT2D eigenvalue weighted by Crippen LogP contribution is 2.17. The predicted molar refractivity (Wildman–Crippen MR) is 133 cm³/mol. The molecule has 1 aromatic carbocycles. The molecule has 3 rings (SSSR count). The van der Waals surface area contributed by atoms with Crippen LogP contribution in [0.15, 0.2) is 46.1 Å². The number of morpholine rings is 1. The van der Waals surface area contributed by atoms with Gasteiger partial charge in [0.25, 0.3) is 0 Å². The van der Waals surface area contributed by atoms with Crippen LogP contribution in [-0.2, 0) is 24.4 Å². The Morgan fingerprint density at radius 2 is 1.86 bits per heavy atom. The van der Waals surface area contributed by atoms with Gasteiger partial charge in [0.2, 0.25) is 0 Å². The van der Waals surface area contributed by atoms with Crippen LogP contribution in [0.25, 0.3) is 0 Å².